The van der Waals surface area contributed by atoms with Crippen molar-refractivity contribution in [1.82, 2.24) is 9.78 Å². The molecule has 1 N–H and O–H groups in total. The zero-order valence-electron chi connectivity index (χ0n) is 15.1. The first-order valence-electron chi connectivity index (χ1n) is 8.31. The van der Waals surface area contributed by atoms with Crippen LogP contribution in [0.3, 0.4) is 0 Å². The van der Waals surface area contributed by atoms with Crippen LogP contribution < -0.4 is 10.9 Å². The minimum atomic E-state index is -3.31. The van der Waals surface area contributed by atoms with Crippen LogP contribution in [0, 0.1) is 0 Å². The molecule has 0 aliphatic carbocycles. The molecule has 1 aromatic heterocycles. The smallest absolute Gasteiger partial charge is 0.276 e. The van der Waals surface area contributed by atoms with Crippen LogP contribution >= 0.6 is 0 Å². The number of benzene rings is 2. The van der Waals surface area contributed by atoms with Crippen LogP contribution in [0.25, 0.3) is 10.8 Å². The first-order valence-corrected chi connectivity index (χ1v) is 10.2. The molecular weight excluding hydrogens is 366 g/mol. The number of rotatable bonds is 4. The molecular formula is C19H19N3O4S. The summed E-state index contributed by atoms with van der Waals surface area (Å²) in [6, 6.07) is 12.5. The summed E-state index contributed by atoms with van der Waals surface area (Å²) in [7, 11) is -3.31. The molecule has 7 nitrogen and oxygen atoms in total. The highest BCUT2D eigenvalue weighted by molar-refractivity contribution is 7.90. The minimum absolute atomic E-state index is 0.131. The van der Waals surface area contributed by atoms with E-state index in [0.717, 1.165) is 6.26 Å². The molecule has 0 bridgehead atoms. The lowest BCUT2D eigenvalue weighted by Crippen LogP contribution is -2.28. The van der Waals surface area contributed by atoms with Crippen molar-refractivity contribution < 1.29 is 13.2 Å². The second-order valence-electron chi connectivity index (χ2n) is 6.49. The second-order valence-corrected chi connectivity index (χ2v) is 8.50. The molecule has 1 heterocycles. The Balaban J connectivity index is 2.03. The Labute approximate surface area is 156 Å². The molecule has 0 saturated heterocycles. The fourth-order valence-corrected chi connectivity index (χ4v) is 3.33. The summed E-state index contributed by atoms with van der Waals surface area (Å²) in [4.78, 5) is 25.5. The average molecular weight is 385 g/mol. The van der Waals surface area contributed by atoms with Crippen LogP contribution in [0.2, 0.25) is 0 Å². The summed E-state index contributed by atoms with van der Waals surface area (Å²) in [5, 5.41) is 7.83. The van der Waals surface area contributed by atoms with E-state index in [1.165, 1.54) is 28.9 Å². The zero-order valence-corrected chi connectivity index (χ0v) is 15.9. The maximum atomic E-state index is 12.8. The molecule has 0 aliphatic rings. The van der Waals surface area contributed by atoms with E-state index in [2.05, 4.69) is 10.4 Å². The van der Waals surface area contributed by atoms with Gasteiger partial charge in [0, 0.05) is 17.3 Å². The van der Waals surface area contributed by atoms with E-state index >= 15 is 0 Å². The van der Waals surface area contributed by atoms with Crippen LogP contribution in [0.15, 0.2) is 58.2 Å². The van der Waals surface area contributed by atoms with Crippen molar-refractivity contribution in [2.24, 2.45) is 0 Å². The zero-order chi connectivity index (χ0) is 19.8. The van der Waals surface area contributed by atoms with Crippen molar-refractivity contribution in [3.05, 3.63) is 64.6 Å². The van der Waals surface area contributed by atoms with Gasteiger partial charge in [-0.15, -0.1) is 0 Å². The van der Waals surface area contributed by atoms with Gasteiger partial charge in [-0.25, -0.2) is 13.1 Å². The largest absolute Gasteiger partial charge is 0.321 e. The van der Waals surface area contributed by atoms with Gasteiger partial charge in [0.15, 0.2) is 15.5 Å². The number of nitrogens with one attached hydrogen (secondary N) is 1. The summed E-state index contributed by atoms with van der Waals surface area (Å²) in [5.41, 5.74) is 0.307. The van der Waals surface area contributed by atoms with Crippen molar-refractivity contribution in [2.75, 3.05) is 11.6 Å². The third-order valence-electron chi connectivity index (χ3n) is 4.07. The van der Waals surface area contributed by atoms with Crippen molar-refractivity contribution in [2.45, 2.75) is 24.8 Å². The Kier molecular flexibility index (Phi) is 4.84. The van der Waals surface area contributed by atoms with Crippen molar-refractivity contribution in [3.63, 3.8) is 0 Å². The van der Waals surface area contributed by atoms with Gasteiger partial charge in [0.05, 0.1) is 16.3 Å². The number of aromatic nitrogens is 2. The molecule has 3 rings (SSSR count). The normalized spacial score (nSPS) is 11.7. The van der Waals surface area contributed by atoms with E-state index < -0.39 is 15.7 Å². The van der Waals surface area contributed by atoms with Crippen molar-refractivity contribution >= 4 is 32.2 Å². The quantitative estimate of drug-likeness (QED) is 0.744. The Hall–Kier alpha value is -3.00. The summed E-state index contributed by atoms with van der Waals surface area (Å²) >= 11 is 0. The first-order chi connectivity index (χ1) is 12.7. The maximum Gasteiger partial charge on any atom is 0.276 e. The van der Waals surface area contributed by atoms with Crippen LogP contribution in [0.4, 0.5) is 5.69 Å². The number of carbonyl (C=O) groups is 1. The van der Waals surface area contributed by atoms with Gasteiger partial charge in [0.2, 0.25) is 0 Å². The summed E-state index contributed by atoms with van der Waals surface area (Å²) in [5.74, 6) is -0.479. The van der Waals surface area contributed by atoms with Gasteiger partial charge in [-0.1, -0.05) is 18.2 Å². The highest BCUT2D eigenvalue weighted by atomic mass is 32.2. The minimum Gasteiger partial charge on any atom is -0.321 e. The van der Waals surface area contributed by atoms with Gasteiger partial charge in [-0.3, -0.25) is 9.59 Å². The fourth-order valence-electron chi connectivity index (χ4n) is 2.70. The van der Waals surface area contributed by atoms with E-state index in [9.17, 15) is 18.0 Å². The number of hydrogen-bond acceptors (Lipinski definition) is 5. The van der Waals surface area contributed by atoms with E-state index in [4.69, 9.17) is 0 Å². The third-order valence-corrected chi connectivity index (χ3v) is 5.20. The Morgan fingerprint density at radius 3 is 2.19 bits per heavy atom. The first kappa shape index (κ1) is 18.8. The summed E-state index contributed by atoms with van der Waals surface area (Å²) in [6.07, 6.45) is 1.12. The highest BCUT2D eigenvalue weighted by Crippen LogP contribution is 2.18. The van der Waals surface area contributed by atoms with E-state index in [1.807, 2.05) is 13.8 Å². The fraction of sp³-hybridized carbons (Fsp3) is 0.211. The lowest BCUT2D eigenvalue weighted by Gasteiger charge is -2.13. The maximum absolute atomic E-state index is 12.8. The van der Waals surface area contributed by atoms with Crippen molar-refractivity contribution in [1.29, 1.82) is 0 Å². The number of sulfone groups is 1. The van der Waals surface area contributed by atoms with E-state index in [1.54, 1.807) is 24.3 Å². The Morgan fingerprint density at radius 1 is 1.04 bits per heavy atom. The molecule has 0 unspecified atom stereocenters. The number of carbonyl (C=O) groups excluding carboxylic acids is 1. The highest BCUT2D eigenvalue weighted by Gasteiger charge is 2.18. The lowest BCUT2D eigenvalue weighted by molar-refractivity contribution is 0.102. The average Bonchev–Trinajstić information content (AvgIpc) is 2.61. The molecule has 140 valence electrons. The molecule has 0 fully saturated rings. The molecule has 0 radical (unpaired) electrons. The predicted octanol–water partition coefficient (Wildman–Crippen LogP) is 2.63. The number of fused-ring (bicyclic) bond motifs is 1. The molecule has 1 amide bonds. The van der Waals surface area contributed by atoms with Gasteiger partial charge >= 0.3 is 0 Å². The van der Waals surface area contributed by atoms with E-state index in [-0.39, 0.29) is 22.2 Å². The molecule has 0 saturated carbocycles. The van der Waals surface area contributed by atoms with Gasteiger partial charge in [0.25, 0.3) is 11.5 Å². The van der Waals surface area contributed by atoms with Gasteiger partial charge < -0.3 is 5.32 Å². The monoisotopic (exact) mass is 385 g/mol. The second kappa shape index (κ2) is 6.96. The number of hydrogen-bond donors (Lipinski definition) is 1. The van der Waals surface area contributed by atoms with Crippen LogP contribution in [0.5, 0.6) is 0 Å². The standard InChI is InChI=1S/C19H19N3O4S/c1-12(2)22-19(24)16-7-5-4-6-15(16)17(21-22)18(23)20-13-8-10-14(11-9-13)27(3,25)26/h4-12H,1-3H3,(H,20,23). The van der Waals surface area contributed by atoms with Crippen molar-refractivity contribution in [3.8, 4) is 0 Å². The SMILES string of the molecule is CC(C)n1nc(C(=O)Nc2ccc(S(C)(=O)=O)cc2)c2ccccc2c1=O. The number of amides is 1. The topological polar surface area (TPSA) is 98.1 Å². The Bertz CT molecular complexity index is 1180. The third kappa shape index (κ3) is 3.75. The predicted molar refractivity (Wildman–Crippen MR) is 104 cm³/mol. The van der Waals surface area contributed by atoms with Crippen LogP contribution in [0.1, 0.15) is 30.4 Å². The molecule has 0 atom stereocenters. The lowest BCUT2D eigenvalue weighted by atomic mass is 10.1. The molecule has 0 aliphatic heterocycles. The number of nitrogens with zero attached hydrogens (tertiary/aromatic N) is 2. The molecule has 0 spiro atoms. The number of anilines is 1. The van der Waals surface area contributed by atoms with Gasteiger partial charge in [0.1, 0.15) is 0 Å². The molecule has 3 aromatic rings. The molecule has 2 aromatic carbocycles. The van der Waals surface area contributed by atoms with Crippen LogP contribution in [-0.4, -0.2) is 30.4 Å². The van der Waals surface area contributed by atoms with E-state index in [0.29, 0.717) is 16.5 Å². The van der Waals surface area contributed by atoms with Gasteiger partial charge in [-0.05, 0) is 44.2 Å². The van der Waals surface area contributed by atoms with Crippen LogP contribution in [-0.2, 0) is 9.84 Å². The molecule has 27 heavy (non-hydrogen) atoms. The summed E-state index contributed by atoms with van der Waals surface area (Å²) in [6.45, 7) is 3.63. The Morgan fingerprint density at radius 2 is 1.63 bits per heavy atom. The molecule has 8 heteroatoms. The van der Waals surface area contributed by atoms with Gasteiger partial charge in [-0.2, -0.15) is 5.10 Å². The summed E-state index contributed by atoms with van der Waals surface area (Å²) < 4.78 is 24.4.